The van der Waals surface area contributed by atoms with Gasteiger partial charge in [-0.25, -0.2) is 0 Å². The molecule has 0 saturated carbocycles. The number of benzene rings is 2. The van der Waals surface area contributed by atoms with Gasteiger partial charge in [0.05, 0.1) is 11.5 Å². The third-order valence-electron chi connectivity index (χ3n) is 3.62. The summed E-state index contributed by atoms with van der Waals surface area (Å²) in [5.41, 5.74) is 7.00. The van der Waals surface area contributed by atoms with Crippen molar-refractivity contribution in [2.45, 2.75) is 6.92 Å². The fraction of sp³-hybridized carbons (Fsp3) is 0.150. The Morgan fingerprint density at radius 3 is 2.64 bits per heavy atom. The van der Waals surface area contributed by atoms with Crippen LogP contribution < -0.4 is 20.5 Å². The van der Waals surface area contributed by atoms with Gasteiger partial charge in [-0.15, -0.1) is 0 Å². The van der Waals surface area contributed by atoms with E-state index in [1.54, 1.807) is 36.4 Å². The molecule has 0 aromatic heterocycles. The first-order chi connectivity index (χ1) is 13.5. The molecule has 0 atom stereocenters. The quantitative estimate of drug-likeness (QED) is 0.696. The zero-order valence-corrected chi connectivity index (χ0v) is 16.0. The summed E-state index contributed by atoms with van der Waals surface area (Å²) in [5, 5.41) is 2.98. The van der Waals surface area contributed by atoms with E-state index in [1.165, 1.54) is 0 Å². The van der Waals surface area contributed by atoms with Crippen LogP contribution in [0.2, 0.25) is 0 Å². The number of thioether (sulfide) groups is 1. The van der Waals surface area contributed by atoms with Crippen LogP contribution >= 0.6 is 11.8 Å². The number of carbonyl (C=O) groups is 2. The highest BCUT2D eigenvalue weighted by atomic mass is 32.2. The number of carbonyl (C=O) groups excluding carboxylic acids is 2. The van der Waals surface area contributed by atoms with Crippen LogP contribution in [-0.2, 0) is 9.59 Å². The SMILES string of the molecule is CCOc1cc(/C=C2\SC(N)=NC2=O)ccc1OCC(=O)Nc1ccccc1. The summed E-state index contributed by atoms with van der Waals surface area (Å²) in [4.78, 5) is 27.9. The monoisotopic (exact) mass is 397 g/mol. The molecule has 0 saturated heterocycles. The van der Waals surface area contributed by atoms with Crippen LogP contribution in [0.25, 0.3) is 6.08 Å². The number of hydrogen-bond acceptors (Lipinski definition) is 6. The van der Waals surface area contributed by atoms with Crippen molar-refractivity contribution in [2.75, 3.05) is 18.5 Å². The van der Waals surface area contributed by atoms with Crippen LogP contribution in [0.15, 0.2) is 58.4 Å². The maximum Gasteiger partial charge on any atom is 0.286 e. The molecule has 2 aromatic carbocycles. The smallest absolute Gasteiger partial charge is 0.286 e. The molecule has 8 heteroatoms. The number of nitrogens with zero attached hydrogens (tertiary/aromatic N) is 1. The number of hydrogen-bond donors (Lipinski definition) is 2. The number of nitrogens with one attached hydrogen (secondary N) is 1. The summed E-state index contributed by atoms with van der Waals surface area (Å²) in [5.74, 6) is 0.279. The average molecular weight is 397 g/mol. The number of rotatable bonds is 7. The average Bonchev–Trinajstić information content (AvgIpc) is 2.99. The molecule has 3 rings (SSSR count). The van der Waals surface area contributed by atoms with Crippen molar-refractivity contribution in [3.63, 3.8) is 0 Å². The molecule has 0 unspecified atom stereocenters. The Morgan fingerprint density at radius 2 is 1.96 bits per heavy atom. The number of amides is 2. The number of para-hydroxylation sites is 1. The van der Waals surface area contributed by atoms with Crippen LogP contribution in [0.1, 0.15) is 12.5 Å². The van der Waals surface area contributed by atoms with E-state index in [4.69, 9.17) is 15.2 Å². The van der Waals surface area contributed by atoms with E-state index >= 15 is 0 Å². The van der Waals surface area contributed by atoms with Gasteiger partial charge in [-0.05, 0) is 54.6 Å². The Bertz CT molecular complexity index is 942. The van der Waals surface area contributed by atoms with E-state index in [2.05, 4.69) is 10.3 Å². The normalized spacial score (nSPS) is 14.7. The summed E-state index contributed by atoms with van der Waals surface area (Å²) < 4.78 is 11.2. The predicted molar refractivity (Wildman–Crippen MR) is 110 cm³/mol. The zero-order valence-electron chi connectivity index (χ0n) is 15.2. The minimum absolute atomic E-state index is 0.159. The fourth-order valence-corrected chi connectivity index (χ4v) is 3.12. The summed E-state index contributed by atoms with van der Waals surface area (Å²) in [6.07, 6.45) is 1.69. The van der Waals surface area contributed by atoms with Gasteiger partial charge in [-0.1, -0.05) is 24.3 Å². The summed E-state index contributed by atoms with van der Waals surface area (Å²) in [6.45, 7) is 2.12. The first-order valence-corrected chi connectivity index (χ1v) is 9.39. The van der Waals surface area contributed by atoms with Gasteiger partial charge < -0.3 is 20.5 Å². The third kappa shape index (κ3) is 5.14. The van der Waals surface area contributed by atoms with E-state index < -0.39 is 0 Å². The second-order valence-corrected chi connectivity index (χ2v) is 6.77. The van der Waals surface area contributed by atoms with E-state index in [-0.39, 0.29) is 23.6 Å². The van der Waals surface area contributed by atoms with Gasteiger partial charge in [0, 0.05) is 5.69 Å². The molecule has 1 aliphatic rings. The predicted octanol–water partition coefficient (Wildman–Crippen LogP) is 3.03. The summed E-state index contributed by atoms with van der Waals surface area (Å²) >= 11 is 1.12. The Kier molecular flexibility index (Phi) is 6.33. The number of anilines is 1. The highest BCUT2D eigenvalue weighted by Gasteiger charge is 2.19. The highest BCUT2D eigenvalue weighted by molar-refractivity contribution is 8.18. The van der Waals surface area contributed by atoms with E-state index in [0.29, 0.717) is 28.7 Å². The maximum atomic E-state index is 12.1. The summed E-state index contributed by atoms with van der Waals surface area (Å²) in [6, 6.07) is 14.3. The van der Waals surface area contributed by atoms with Crippen molar-refractivity contribution in [1.29, 1.82) is 0 Å². The number of aliphatic imine (C=N–C) groups is 1. The van der Waals surface area contributed by atoms with Crippen LogP contribution in [0.3, 0.4) is 0 Å². The molecule has 7 nitrogen and oxygen atoms in total. The van der Waals surface area contributed by atoms with Gasteiger partial charge in [0.2, 0.25) is 0 Å². The molecule has 1 aliphatic heterocycles. The molecule has 2 aromatic rings. The topological polar surface area (TPSA) is 103 Å². The van der Waals surface area contributed by atoms with E-state index in [9.17, 15) is 9.59 Å². The molecule has 2 amide bonds. The first kappa shape index (κ1) is 19.5. The molecular formula is C20H19N3O4S. The number of ether oxygens (including phenoxy) is 2. The minimum Gasteiger partial charge on any atom is -0.490 e. The molecule has 0 spiro atoms. The van der Waals surface area contributed by atoms with Crippen LogP contribution in [0.5, 0.6) is 11.5 Å². The van der Waals surface area contributed by atoms with Crippen LogP contribution in [0, 0.1) is 0 Å². The van der Waals surface area contributed by atoms with Crippen molar-refractivity contribution in [1.82, 2.24) is 0 Å². The highest BCUT2D eigenvalue weighted by Crippen LogP contribution is 2.32. The molecular weight excluding hydrogens is 378 g/mol. The second kappa shape index (κ2) is 9.09. The number of amidine groups is 1. The van der Waals surface area contributed by atoms with Crippen molar-refractivity contribution < 1.29 is 19.1 Å². The Balaban J connectivity index is 1.68. The Morgan fingerprint density at radius 1 is 1.18 bits per heavy atom. The largest absolute Gasteiger partial charge is 0.490 e. The maximum absolute atomic E-state index is 12.1. The lowest BCUT2D eigenvalue weighted by Gasteiger charge is -2.13. The lowest BCUT2D eigenvalue weighted by atomic mass is 10.2. The second-order valence-electron chi connectivity index (χ2n) is 5.71. The standard InChI is InChI=1S/C20H19N3O4S/c1-2-26-16-10-13(11-17-19(25)23-20(21)28-17)8-9-15(16)27-12-18(24)22-14-6-4-3-5-7-14/h3-11H,2,12H2,1H3,(H,22,24)(H2,21,23,25)/b17-11-. The van der Waals surface area contributed by atoms with E-state index in [0.717, 1.165) is 17.3 Å². The molecule has 1 heterocycles. The van der Waals surface area contributed by atoms with Crippen LogP contribution in [-0.4, -0.2) is 30.2 Å². The lowest BCUT2D eigenvalue weighted by Crippen LogP contribution is -2.20. The summed E-state index contributed by atoms with van der Waals surface area (Å²) in [7, 11) is 0. The van der Waals surface area contributed by atoms with Gasteiger partial charge in [0.15, 0.2) is 23.3 Å². The molecule has 0 bridgehead atoms. The van der Waals surface area contributed by atoms with E-state index in [1.807, 2.05) is 25.1 Å². The first-order valence-electron chi connectivity index (χ1n) is 8.57. The van der Waals surface area contributed by atoms with Crippen molar-refractivity contribution >= 4 is 40.5 Å². The molecule has 144 valence electrons. The molecule has 0 aliphatic carbocycles. The Labute approximate surface area is 166 Å². The van der Waals surface area contributed by atoms with Crippen molar-refractivity contribution in [3.05, 3.63) is 59.0 Å². The van der Waals surface area contributed by atoms with Crippen LogP contribution in [0.4, 0.5) is 5.69 Å². The van der Waals surface area contributed by atoms with Gasteiger partial charge in [-0.2, -0.15) is 4.99 Å². The Hall–Kier alpha value is -3.26. The number of nitrogens with two attached hydrogens (primary N) is 1. The molecule has 0 radical (unpaired) electrons. The third-order valence-corrected chi connectivity index (χ3v) is 4.43. The van der Waals surface area contributed by atoms with Gasteiger partial charge >= 0.3 is 0 Å². The molecule has 0 fully saturated rings. The molecule has 28 heavy (non-hydrogen) atoms. The van der Waals surface area contributed by atoms with Crippen molar-refractivity contribution in [2.24, 2.45) is 10.7 Å². The van der Waals surface area contributed by atoms with Gasteiger partial charge in [-0.3, -0.25) is 9.59 Å². The molecule has 3 N–H and O–H groups in total. The van der Waals surface area contributed by atoms with Gasteiger partial charge in [0.25, 0.3) is 11.8 Å². The van der Waals surface area contributed by atoms with Gasteiger partial charge in [0.1, 0.15) is 0 Å². The fourth-order valence-electron chi connectivity index (χ4n) is 2.44. The van der Waals surface area contributed by atoms with Crippen molar-refractivity contribution in [3.8, 4) is 11.5 Å². The minimum atomic E-state index is -0.363. The lowest BCUT2D eigenvalue weighted by molar-refractivity contribution is -0.118. The zero-order chi connectivity index (χ0) is 19.9.